The van der Waals surface area contributed by atoms with E-state index in [4.69, 9.17) is 0 Å². The number of nitrogens with one attached hydrogen (secondary N) is 1. The van der Waals surface area contributed by atoms with Crippen LogP contribution in [-0.4, -0.2) is 49.6 Å². The van der Waals surface area contributed by atoms with Gasteiger partial charge in [-0.3, -0.25) is 4.79 Å². The van der Waals surface area contributed by atoms with E-state index in [0.29, 0.717) is 13.0 Å². The molecule has 0 bridgehead atoms. The molecule has 3 aromatic heterocycles. The summed E-state index contributed by atoms with van der Waals surface area (Å²) in [4.78, 5) is 26.2. The fourth-order valence-electron chi connectivity index (χ4n) is 3.84. The number of piperidine rings is 1. The number of carbonyl (C=O) groups is 1. The van der Waals surface area contributed by atoms with Crippen LogP contribution in [0.25, 0.3) is 22.1 Å². The van der Waals surface area contributed by atoms with E-state index in [1.165, 1.54) is 0 Å². The van der Waals surface area contributed by atoms with Crippen molar-refractivity contribution < 1.29 is 9.18 Å². The molecule has 7 heteroatoms. The minimum Gasteiger partial charge on any atom is -0.346 e. The van der Waals surface area contributed by atoms with Crippen LogP contribution in [0.2, 0.25) is 0 Å². The number of nitrogens with zero attached hydrogens (tertiary/aromatic N) is 4. The van der Waals surface area contributed by atoms with Gasteiger partial charge in [-0.2, -0.15) is 0 Å². The van der Waals surface area contributed by atoms with Crippen molar-refractivity contribution in [2.45, 2.75) is 31.5 Å². The summed E-state index contributed by atoms with van der Waals surface area (Å²) in [5.41, 5.74) is 2.75. The van der Waals surface area contributed by atoms with E-state index in [1.807, 2.05) is 23.5 Å². The van der Waals surface area contributed by atoms with Crippen molar-refractivity contribution in [2.24, 2.45) is 5.92 Å². The fraction of sp³-hybridized carbons (Fsp3) is 0.471. The van der Waals surface area contributed by atoms with E-state index in [-0.39, 0.29) is 11.9 Å². The van der Waals surface area contributed by atoms with Gasteiger partial charge in [0.2, 0.25) is 5.91 Å². The molecule has 3 aromatic rings. The highest BCUT2D eigenvalue weighted by Gasteiger charge is 2.46. The summed E-state index contributed by atoms with van der Waals surface area (Å²) in [6.45, 7) is 1.36. The van der Waals surface area contributed by atoms with Crippen molar-refractivity contribution in [3.05, 3.63) is 24.8 Å². The molecule has 2 fully saturated rings. The Morgan fingerprint density at radius 1 is 1.38 bits per heavy atom. The number of aromatic amines is 1. The molecule has 1 amide bonds. The predicted molar refractivity (Wildman–Crippen MR) is 87.2 cm³/mol. The lowest BCUT2D eigenvalue weighted by Crippen LogP contribution is -2.41. The molecule has 3 atom stereocenters. The summed E-state index contributed by atoms with van der Waals surface area (Å²) in [6, 6.07) is 2.18. The van der Waals surface area contributed by atoms with Gasteiger partial charge >= 0.3 is 0 Å². The SMILES string of the molecule is O=C([C@@H]1C[C@H]1F)N1CCC[C@@H](n2cnc3cnc4[nH]ccc4c32)C1. The Morgan fingerprint density at radius 2 is 2.25 bits per heavy atom. The predicted octanol–water partition coefficient (Wildman–Crippen LogP) is 2.43. The molecule has 5 rings (SSSR count). The maximum Gasteiger partial charge on any atom is 0.228 e. The monoisotopic (exact) mass is 327 g/mol. The third-order valence-electron chi connectivity index (χ3n) is 5.25. The number of alkyl halides is 1. The van der Waals surface area contributed by atoms with Gasteiger partial charge in [-0.25, -0.2) is 14.4 Å². The lowest BCUT2D eigenvalue weighted by molar-refractivity contribution is -0.134. The van der Waals surface area contributed by atoms with Gasteiger partial charge in [-0.1, -0.05) is 0 Å². The van der Waals surface area contributed by atoms with Crippen LogP contribution < -0.4 is 0 Å². The largest absolute Gasteiger partial charge is 0.346 e. The van der Waals surface area contributed by atoms with Gasteiger partial charge in [0.15, 0.2) is 0 Å². The van der Waals surface area contributed by atoms with E-state index < -0.39 is 12.1 Å². The summed E-state index contributed by atoms with van der Waals surface area (Å²) in [5, 5.41) is 1.04. The van der Waals surface area contributed by atoms with Crippen LogP contribution in [0.4, 0.5) is 4.39 Å². The molecule has 0 radical (unpaired) electrons. The van der Waals surface area contributed by atoms with Crippen LogP contribution in [-0.2, 0) is 4.79 Å². The van der Waals surface area contributed by atoms with E-state index in [0.717, 1.165) is 41.5 Å². The summed E-state index contributed by atoms with van der Waals surface area (Å²) in [5.74, 6) is -0.422. The van der Waals surface area contributed by atoms with Crippen molar-refractivity contribution in [3.8, 4) is 0 Å². The molecular weight excluding hydrogens is 309 g/mol. The molecule has 4 heterocycles. The molecule has 6 nitrogen and oxygen atoms in total. The summed E-state index contributed by atoms with van der Waals surface area (Å²) >= 11 is 0. The second-order valence-electron chi connectivity index (χ2n) is 6.82. The second-order valence-corrected chi connectivity index (χ2v) is 6.82. The van der Waals surface area contributed by atoms with E-state index >= 15 is 0 Å². The zero-order valence-electron chi connectivity index (χ0n) is 13.2. The minimum absolute atomic E-state index is 0.0231. The van der Waals surface area contributed by atoms with Crippen LogP contribution in [0.1, 0.15) is 25.3 Å². The van der Waals surface area contributed by atoms with Gasteiger partial charge in [0.25, 0.3) is 0 Å². The number of carbonyl (C=O) groups excluding carboxylic acids is 1. The van der Waals surface area contributed by atoms with Crippen LogP contribution in [0.5, 0.6) is 0 Å². The standard InChI is InChI=1S/C17H18FN5O/c18-13-6-12(13)17(24)22-5-1-2-10(8-22)23-9-21-14-7-20-16-11(15(14)23)3-4-19-16/h3-4,7,9-10,12-13H,1-2,5-6,8H2,(H,19,20)/t10-,12-,13-/m1/s1. The number of pyridine rings is 1. The van der Waals surface area contributed by atoms with Gasteiger partial charge in [0.1, 0.15) is 17.3 Å². The third kappa shape index (κ3) is 2.03. The highest BCUT2D eigenvalue weighted by atomic mass is 19.1. The number of hydrogen-bond donors (Lipinski definition) is 1. The fourth-order valence-corrected chi connectivity index (χ4v) is 3.84. The van der Waals surface area contributed by atoms with Crippen molar-refractivity contribution in [1.29, 1.82) is 0 Å². The van der Waals surface area contributed by atoms with Gasteiger partial charge in [-0.15, -0.1) is 0 Å². The number of aromatic nitrogens is 4. The quantitative estimate of drug-likeness (QED) is 0.786. The van der Waals surface area contributed by atoms with Crippen LogP contribution in [0.15, 0.2) is 24.8 Å². The van der Waals surface area contributed by atoms with Gasteiger partial charge in [0.05, 0.1) is 30.0 Å². The van der Waals surface area contributed by atoms with Crippen molar-refractivity contribution in [1.82, 2.24) is 24.4 Å². The minimum atomic E-state index is -0.933. The van der Waals surface area contributed by atoms with E-state index in [9.17, 15) is 9.18 Å². The van der Waals surface area contributed by atoms with Gasteiger partial charge in [-0.05, 0) is 25.3 Å². The van der Waals surface area contributed by atoms with E-state index in [1.54, 1.807) is 6.20 Å². The first-order chi connectivity index (χ1) is 11.7. The maximum absolute atomic E-state index is 13.2. The molecule has 1 N–H and O–H groups in total. The molecule has 124 valence electrons. The van der Waals surface area contributed by atoms with Crippen LogP contribution >= 0.6 is 0 Å². The Kier molecular flexibility index (Phi) is 2.92. The Bertz CT molecular complexity index is 932. The Morgan fingerprint density at radius 3 is 3.08 bits per heavy atom. The molecule has 0 spiro atoms. The molecule has 2 aliphatic rings. The summed E-state index contributed by atoms with van der Waals surface area (Å²) < 4.78 is 15.4. The van der Waals surface area contributed by atoms with Gasteiger partial charge < -0.3 is 14.5 Å². The highest BCUT2D eigenvalue weighted by molar-refractivity contribution is 6.01. The molecule has 1 aliphatic carbocycles. The topological polar surface area (TPSA) is 66.8 Å². The second kappa shape index (κ2) is 5.03. The van der Waals surface area contributed by atoms with Crippen LogP contribution in [0, 0.1) is 5.92 Å². The smallest absolute Gasteiger partial charge is 0.228 e. The Labute approximate surface area is 137 Å². The highest BCUT2D eigenvalue weighted by Crippen LogP contribution is 2.37. The molecular formula is C17H18FN5O. The number of H-pyrrole nitrogens is 1. The zero-order valence-corrected chi connectivity index (χ0v) is 13.2. The van der Waals surface area contributed by atoms with E-state index in [2.05, 4.69) is 19.5 Å². The van der Waals surface area contributed by atoms with Gasteiger partial charge in [0, 0.05) is 24.7 Å². The molecule has 24 heavy (non-hydrogen) atoms. The molecule has 1 saturated carbocycles. The normalized spacial score (nSPS) is 27.0. The van der Waals surface area contributed by atoms with Crippen molar-refractivity contribution >= 4 is 28.0 Å². The number of halogens is 1. The van der Waals surface area contributed by atoms with Crippen molar-refractivity contribution in [2.75, 3.05) is 13.1 Å². The number of imidazole rings is 1. The average Bonchev–Trinajstić information content (AvgIpc) is 3.03. The number of amides is 1. The third-order valence-corrected chi connectivity index (χ3v) is 5.25. The zero-order chi connectivity index (χ0) is 16.3. The first kappa shape index (κ1) is 13.9. The molecule has 0 aromatic carbocycles. The first-order valence-electron chi connectivity index (χ1n) is 8.44. The first-order valence-corrected chi connectivity index (χ1v) is 8.44. The number of hydrogen-bond acceptors (Lipinski definition) is 3. The van der Waals surface area contributed by atoms with Crippen molar-refractivity contribution in [3.63, 3.8) is 0 Å². The Hall–Kier alpha value is -2.44. The molecule has 1 saturated heterocycles. The summed E-state index contributed by atoms with van der Waals surface area (Å²) in [7, 11) is 0. The number of likely N-dealkylation sites (tertiary alicyclic amines) is 1. The maximum atomic E-state index is 13.2. The molecule has 1 aliphatic heterocycles. The lowest BCUT2D eigenvalue weighted by Gasteiger charge is -2.34. The van der Waals surface area contributed by atoms with Crippen LogP contribution in [0.3, 0.4) is 0 Å². The lowest BCUT2D eigenvalue weighted by atomic mass is 10.0. The number of fused-ring (bicyclic) bond motifs is 3. The number of rotatable bonds is 2. The Balaban J connectivity index is 1.50. The average molecular weight is 327 g/mol. The summed E-state index contributed by atoms with van der Waals surface area (Å²) in [6.07, 6.45) is 6.87. The molecule has 0 unspecified atom stereocenters.